The van der Waals surface area contributed by atoms with Gasteiger partial charge in [-0.25, -0.2) is 0 Å². The fraction of sp³-hybridized carbons (Fsp3) is 0.538. The van der Waals surface area contributed by atoms with Crippen molar-refractivity contribution in [1.29, 1.82) is 0 Å². The quantitative estimate of drug-likeness (QED) is 0.109. The molecule has 0 saturated carbocycles. The number of aromatic nitrogens is 4. The Morgan fingerprint density at radius 3 is 0.976 bits per heavy atom. The van der Waals surface area contributed by atoms with E-state index in [1.807, 2.05) is 38.1 Å². The molecule has 1 saturated heterocycles. The van der Waals surface area contributed by atoms with Gasteiger partial charge < -0.3 is 28.1 Å². The summed E-state index contributed by atoms with van der Waals surface area (Å²) in [6, 6.07) is 81.4. The van der Waals surface area contributed by atoms with Crippen molar-refractivity contribution in [3.05, 3.63) is 281 Å². The Hall–Kier alpha value is -8.14. The van der Waals surface area contributed by atoms with Crippen LogP contribution in [0.5, 0.6) is 0 Å². The Morgan fingerprint density at radius 1 is 0.376 bits per heavy atom. The normalized spacial score (nSPS) is 13.6. The number of hydrogen-bond acceptors (Lipinski definition) is 4. The monoisotopic (exact) mass is 1700 g/mol. The number of benzene rings is 7. The summed E-state index contributed by atoms with van der Waals surface area (Å²) in [6.45, 7) is 89.2. The minimum Gasteiger partial charge on any atom is -0.372 e. The Kier molecular flexibility index (Phi) is 44.2. The molecule has 5 heterocycles. The molecule has 11 aromatic rings. The Morgan fingerprint density at radius 2 is 0.720 bits per heavy atom. The number of fused-ring (bicyclic) bond motifs is 3. The molecule has 125 heavy (non-hydrogen) atoms. The summed E-state index contributed by atoms with van der Waals surface area (Å²) in [5.41, 5.74) is 19.9. The molecule has 4 aromatic heterocycles. The van der Waals surface area contributed by atoms with E-state index in [1.165, 1.54) is 103 Å². The summed E-state index contributed by atoms with van der Waals surface area (Å²) >= 11 is 0. The van der Waals surface area contributed by atoms with E-state index < -0.39 is 5.89 Å². The Bertz CT molecular complexity index is 4520. The van der Waals surface area contributed by atoms with Crippen LogP contribution in [-0.4, -0.2) is 101 Å². The predicted octanol–water partition coefficient (Wildman–Crippen LogP) is 33.1. The number of aryl methyl sites for hydroxylation is 4. The van der Waals surface area contributed by atoms with E-state index in [2.05, 4.69) is 529 Å². The van der Waals surface area contributed by atoms with Gasteiger partial charge in [0.15, 0.2) is 0 Å². The lowest BCUT2D eigenvalue weighted by atomic mass is 9.75. The van der Waals surface area contributed by atoms with E-state index in [0.717, 1.165) is 5.56 Å². The fourth-order valence-corrected chi connectivity index (χ4v) is 18.3. The molecular weight excluding hydrogens is 1520 g/mol. The zero-order valence-electron chi connectivity index (χ0n) is 88.9. The molecular formula is C117H184N8. The van der Waals surface area contributed by atoms with Gasteiger partial charge in [0.05, 0.1) is 0 Å². The molecule has 1 fully saturated rings. The highest BCUT2D eigenvalue weighted by Gasteiger charge is 2.42. The molecule has 692 valence electrons. The topological polar surface area (TPSA) is 32.7 Å². The molecule has 0 amide bonds. The van der Waals surface area contributed by atoms with Crippen LogP contribution in [0.2, 0.25) is 0 Å². The lowest BCUT2D eigenvalue weighted by Gasteiger charge is -2.55. The van der Waals surface area contributed by atoms with E-state index in [9.17, 15) is 0 Å². The molecule has 0 atom stereocenters. The zero-order chi connectivity index (χ0) is 96.1. The Balaban J connectivity index is 0.000000368. The summed E-state index contributed by atoms with van der Waals surface area (Å²) in [5.74, 6) is 0.922. The maximum Gasteiger partial charge on any atom is 0.0493 e. The minimum atomic E-state index is -0.607. The number of para-hydroxylation sites is 3. The van der Waals surface area contributed by atoms with Crippen molar-refractivity contribution in [3.63, 3.8) is 0 Å². The number of hydrogen-bond donors (Lipinski definition) is 0. The fourth-order valence-electron chi connectivity index (χ4n) is 18.3. The van der Waals surface area contributed by atoms with E-state index >= 15 is 0 Å². The van der Waals surface area contributed by atoms with Crippen LogP contribution in [0.4, 0.5) is 5.69 Å². The van der Waals surface area contributed by atoms with Crippen molar-refractivity contribution in [3.8, 4) is 11.1 Å². The average Bonchev–Trinajstić information content (AvgIpc) is 1.29. The van der Waals surface area contributed by atoms with Gasteiger partial charge in [0.25, 0.3) is 0 Å². The van der Waals surface area contributed by atoms with Crippen LogP contribution in [0.3, 0.4) is 0 Å². The van der Waals surface area contributed by atoms with Crippen LogP contribution in [0, 0.1) is 33.6 Å². The second-order valence-corrected chi connectivity index (χ2v) is 43.1. The van der Waals surface area contributed by atoms with Crippen LogP contribution >= 0.6 is 0 Å². The SMILES string of the molecule is CC(C)(C)n1cccc1.CC(C)C(c1ccccc1)c1ccccc1.CC(C)N(C(C)C)C(C)C.CC(C)N(C)C.CC(C)N(C)c1ccccc1.CC(C)N1C(C)(C)CCCC1(C)C.CC(C)n1c2ccccc2c2ccccc21.Cc1ccc(C)n1C(C)(C)C.Cc1ccc(C)n1C(C)(C)C.[2H]C(C)(C)c1cc(-c2ccccc2)cc(C(C)(C)C)c1C(C)C. The summed E-state index contributed by atoms with van der Waals surface area (Å²) < 4.78 is 18.0. The lowest BCUT2D eigenvalue weighted by molar-refractivity contribution is -0.0508. The van der Waals surface area contributed by atoms with Gasteiger partial charge in [-0.3, -0.25) is 9.80 Å². The summed E-state index contributed by atoms with van der Waals surface area (Å²) in [7, 11) is 6.26. The first-order chi connectivity index (χ1) is 58.1. The van der Waals surface area contributed by atoms with E-state index in [0.29, 0.717) is 71.1 Å². The van der Waals surface area contributed by atoms with Crippen LogP contribution < -0.4 is 4.90 Å². The van der Waals surface area contributed by atoms with Crippen molar-refractivity contribution in [1.82, 2.24) is 33.0 Å². The van der Waals surface area contributed by atoms with E-state index in [-0.39, 0.29) is 22.0 Å². The first kappa shape index (κ1) is 109. The average molecular weight is 1700 g/mol. The maximum absolute atomic E-state index is 8.67. The predicted molar refractivity (Wildman–Crippen MR) is 560 cm³/mol. The number of nitrogens with zero attached hydrogens (tertiary/aromatic N) is 8. The molecule has 7 aromatic carbocycles. The molecule has 0 radical (unpaired) electrons. The van der Waals surface area contributed by atoms with E-state index in [1.54, 1.807) is 0 Å². The first-order valence-electron chi connectivity index (χ1n) is 47.9. The lowest BCUT2D eigenvalue weighted by Crippen LogP contribution is -2.61. The van der Waals surface area contributed by atoms with Gasteiger partial charge in [0, 0.05) is 147 Å². The van der Waals surface area contributed by atoms with Gasteiger partial charge >= 0.3 is 0 Å². The van der Waals surface area contributed by atoms with Crippen molar-refractivity contribution >= 4 is 27.5 Å². The molecule has 0 N–H and O–H groups in total. The highest BCUT2D eigenvalue weighted by atomic mass is 15.3. The summed E-state index contributed by atoms with van der Waals surface area (Å²) in [5, 5.41) is 2.71. The van der Waals surface area contributed by atoms with Gasteiger partial charge in [-0.15, -0.1) is 0 Å². The minimum absolute atomic E-state index is 0.0599. The number of anilines is 1. The highest BCUT2D eigenvalue weighted by Crippen LogP contribution is 2.42. The second kappa shape index (κ2) is 50.6. The number of piperidine rings is 1. The molecule has 0 aliphatic carbocycles. The third-order valence-electron chi connectivity index (χ3n) is 23.7. The van der Waals surface area contributed by atoms with Crippen molar-refractivity contribution < 1.29 is 1.37 Å². The van der Waals surface area contributed by atoms with Crippen molar-refractivity contribution in [2.24, 2.45) is 5.92 Å². The number of rotatable bonds is 14. The molecule has 12 rings (SSSR count). The van der Waals surface area contributed by atoms with Crippen LogP contribution in [-0.2, 0) is 22.0 Å². The Labute approximate surface area is 770 Å². The van der Waals surface area contributed by atoms with Gasteiger partial charge in [-0.1, -0.05) is 220 Å². The summed E-state index contributed by atoms with van der Waals surface area (Å²) in [4.78, 5) is 9.60. The molecule has 0 bridgehead atoms. The van der Waals surface area contributed by atoms with Crippen LogP contribution in [0.25, 0.3) is 32.9 Å². The van der Waals surface area contributed by atoms with Crippen LogP contribution in [0.15, 0.2) is 231 Å². The van der Waals surface area contributed by atoms with Gasteiger partial charge in [-0.2, -0.15) is 0 Å². The van der Waals surface area contributed by atoms with Gasteiger partial charge in [0.1, 0.15) is 0 Å². The van der Waals surface area contributed by atoms with Crippen LogP contribution in [0.1, 0.15) is 344 Å². The molecule has 8 heteroatoms. The van der Waals surface area contributed by atoms with Gasteiger partial charge in [0.2, 0.25) is 0 Å². The first-order valence-corrected chi connectivity index (χ1v) is 47.4. The largest absolute Gasteiger partial charge is 0.372 e. The standard InChI is InChI=1S/C22H30.C16H18.C15H15N.C12H25N.2C10H17N.C10H15N.C9H21N.C8H13N.C5H13N/c1-15(2)19-13-18(17-11-9-8-10-12-17)14-20(22(5,6)7)21(19)16(3)4;1-13(2)16(14-9-5-3-6-10-14)15-11-7-4-8-12-15;1-11(2)16-14-9-5-3-7-12(14)13-8-4-6-10-15(13)16;1-10(2)13-11(3,4)8-7-9-12(13,5)6;2*1-8-6-7-9(2)11(8)10(3,4)5;1-9(2)11(3)10-7-5-4-6-8-10;1-7(2)10(8(3)4)9(5)6;1-8(2,3)9-6-4-5-7-9;1-5(2)6(3)4/h8-16H,1-7H3;3-13,16H,1-2H3;3-11H,1-2H3;10H,7-9H2,1-6H3;2*6-7H,1-5H3;4-9H,1-3H3;7-9H,1-6H3;4-7H,1-3H3;5H,1-4H3/i15D;;;;;;;;;. The molecule has 0 spiro atoms. The molecule has 8 nitrogen and oxygen atoms in total. The van der Waals surface area contributed by atoms with Crippen molar-refractivity contribution in [2.75, 3.05) is 26.0 Å². The van der Waals surface area contributed by atoms with E-state index in [4.69, 9.17) is 1.37 Å². The third kappa shape index (κ3) is 35.1. The molecule has 0 unspecified atom stereocenters. The third-order valence-corrected chi connectivity index (χ3v) is 23.7. The smallest absolute Gasteiger partial charge is 0.0493 e. The molecule has 1 aliphatic rings. The zero-order valence-corrected chi connectivity index (χ0v) is 87.9. The second-order valence-electron chi connectivity index (χ2n) is 43.1. The van der Waals surface area contributed by atoms with Crippen molar-refractivity contribution in [2.45, 2.75) is 389 Å². The summed E-state index contributed by atoms with van der Waals surface area (Å²) in [6.07, 6.45) is 8.23. The molecule has 1 aliphatic heterocycles. The number of likely N-dealkylation sites (tertiary alicyclic amines) is 1. The maximum atomic E-state index is 8.67. The van der Waals surface area contributed by atoms with Gasteiger partial charge in [-0.05, 0) is 371 Å². The highest BCUT2D eigenvalue weighted by molar-refractivity contribution is 6.08.